The molecule has 0 spiro atoms. The molecule has 5 unspecified atom stereocenters. The zero-order valence-electron chi connectivity index (χ0n) is 21.0. The van der Waals surface area contributed by atoms with E-state index in [1.54, 1.807) is 19.2 Å². The molecule has 1 aliphatic rings. The highest BCUT2D eigenvalue weighted by Gasteiger charge is 2.43. The highest BCUT2D eigenvalue weighted by atomic mass is 32.1. The van der Waals surface area contributed by atoms with E-state index >= 15 is 0 Å². The van der Waals surface area contributed by atoms with Gasteiger partial charge in [-0.25, -0.2) is 9.97 Å². The molecule has 3 aromatic heterocycles. The number of benzene rings is 1. The Kier molecular flexibility index (Phi) is 7.42. The molecule has 0 bridgehead atoms. The lowest BCUT2D eigenvalue weighted by molar-refractivity contribution is -0.144. The second-order valence-electron chi connectivity index (χ2n) is 9.56. The van der Waals surface area contributed by atoms with Gasteiger partial charge in [-0.3, -0.25) is 4.98 Å². The molecule has 5 atom stereocenters. The van der Waals surface area contributed by atoms with Gasteiger partial charge in [-0.05, 0) is 31.9 Å². The van der Waals surface area contributed by atoms with E-state index in [2.05, 4.69) is 25.6 Å². The van der Waals surface area contributed by atoms with Crippen molar-refractivity contribution in [1.82, 2.24) is 19.9 Å². The quantitative estimate of drug-likeness (QED) is 0.227. The number of nitrogens with zero attached hydrogens (tertiary/aromatic N) is 4. The molecule has 0 saturated heterocycles. The number of anilines is 2. The van der Waals surface area contributed by atoms with E-state index in [-0.39, 0.29) is 30.4 Å². The molecule has 1 aliphatic carbocycles. The summed E-state index contributed by atoms with van der Waals surface area (Å²) in [6, 6.07) is 6.44. The molecule has 0 aliphatic heterocycles. The van der Waals surface area contributed by atoms with Crippen molar-refractivity contribution in [2.45, 2.75) is 50.7 Å². The second kappa shape index (κ2) is 10.6. The minimum absolute atomic E-state index is 0.000822. The average Bonchev–Trinajstić information content (AvgIpc) is 3.44. The molecule has 1 aromatic carbocycles. The van der Waals surface area contributed by atoms with Crippen LogP contribution in [0.2, 0.25) is 0 Å². The van der Waals surface area contributed by atoms with Crippen LogP contribution in [-0.2, 0) is 0 Å². The zero-order valence-corrected chi connectivity index (χ0v) is 21.8. The normalized spacial score (nSPS) is 22.3. The van der Waals surface area contributed by atoms with Gasteiger partial charge in [0.05, 0.1) is 33.8 Å². The van der Waals surface area contributed by atoms with Gasteiger partial charge in [0.25, 0.3) is 0 Å². The molecule has 5 N–H and O–H groups in total. The number of aliphatic hydroxyl groups excluding tert-OH is 3. The first-order valence-corrected chi connectivity index (χ1v) is 13.1. The summed E-state index contributed by atoms with van der Waals surface area (Å²) in [4.78, 5) is 17.8. The Morgan fingerprint density at radius 2 is 1.77 bits per heavy atom. The van der Waals surface area contributed by atoms with Crippen LogP contribution in [0.15, 0.2) is 42.6 Å². The topological polar surface area (TPSA) is 136 Å². The monoisotopic (exact) mass is 560 g/mol. The number of hydrogen-bond donors (Lipinski definition) is 5. The first kappa shape index (κ1) is 27.2. The van der Waals surface area contributed by atoms with Gasteiger partial charge >= 0.3 is 6.18 Å². The Labute approximate surface area is 225 Å². The van der Waals surface area contributed by atoms with Crippen molar-refractivity contribution in [1.29, 1.82) is 0 Å². The standard InChI is InChI=1S/C26H27F3N6O3S/c1-12-18(24-33-19-13(2)30-9-8-17(19)39-24)23(32-16-10-15(11-36)20(37)21(16)38)35-25(31-12)34-22(26(27,28)29)14-6-4-3-5-7-14/h3-9,15-16,20-22,36-38H,10-11H2,1-2H3,(H2,31,32,34,35). The van der Waals surface area contributed by atoms with Crippen molar-refractivity contribution in [3.63, 3.8) is 0 Å². The predicted molar refractivity (Wildman–Crippen MR) is 141 cm³/mol. The van der Waals surface area contributed by atoms with Gasteiger partial charge in [0.2, 0.25) is 5.95 Å². The molecule has 39 heavy (non-hydrogen) atoms. The molecule has 5 rings (SSSR count). The minimum atomic E-state index is -4.64. The number of thiazole rings is 1. The fraction of sp³-hybridized carbons (Fsp3) is 0.385. The molecule has 4 aromatic rings. The maximum atomic E-state index is 14.1. The number of fused-ring (bicyclic) bond motifs is 1. The molecule has 206 valence electrons. The van der Waals surface area contributed by atoms with Gasteiger partial charge in [-0.2, -0.15) is 18.2 Å². The third-order valence-electron chi connectivity index (χ3n) is 6.89. The Morgan fingerprint density at radius 3 is 2.41 bits per heavy atom. The molecule has 3 heterocycles. The van der Waals surface area contributed by atoms with Crippen molar-refractivity contribution in [3.8, 4) is 10.6 Å². The van der Waals surface area contributed by atoms with Crippen molar-refractivity contribution >= 4 is 33.3 Å². The first-order chi connectivity index (χ1) is 18.6. The number of aryl methyl sites for hydroxylation is 2. The predicted octanol–water partition coefficient (Wildman–Crippen LogP) is 4.00. The summed E-state index contributed by atoms with van der Waals surface area (Å²) in [6.45, 7) is 3.15. The number of nitrogens with one attached hydrogen (secondary N) is 2. The van der Waals surface area contributed by atoms with Crippen LogP contribution < -0.4 is 10.6 Å². The van der Waals surface area contributed by atoms with E-state index in [0.29, 0.717) is 21.8 Å². The van der Waals surface area contributed by atoms with E-state index in [0.717, 1.165) is 10.4 Å². The van der Waals surface area contributed by atoms with Crippen LogP contribution in [0.3, 0.4) is 0 Å². The Balaban J connectivity index is 1.59. The fourth-order valence-corrected chi connectivity index (χ4v) is 5.95. The Bertz CT molecular complexity index is 1470. The summed E-state index contributed by atoms with van der Waals surface area (Å²) in [5, 5.41) is 36.6. The van der Waals surface area contributed by atoms with Crippen molar-refractivity contribution in [2.75, 3.05) is 17.2 Å². The average molecular weight is 561 g/mol. The van der Waals surface area contributed by atoms with Crippen molar-refractivity contribution < 1.29 is 28.5 Å². The van der Waals surface area contributed by atoms with E-state index in [1.807, 2.05) is 13.0 Å². The summed E-state index contributed by atoms with van der Waals surface area (Å²) in [7, 11) is 0. The molecule has 0 amide bonds. The van der Waals surface area contributed by atoms with E-state index in [1.165, 1.54) is 35.6 Å². The van der Waals surface area contributed by atoms with Gasteiger partial charge in [-0.15, -0.1) is 11.3 Å². The van der Waals surface area contributed by atoms with Gasteiger partial charge < -0.3 is 26.0 Å². The van der Waals surface area contributed by atoms with E-state index in [9.17, 15) is 28.5 Å². The smallest absolute Gasteiger partial charge is 0.396 e. The van der Waals surface area contributed by atoms with Gasteiger partial charge in [0, 0.05) is 18.7 Å². The van der Waals surface area contributed by atoms with Gasteiger partial charge in [-0.1, -0.05) is 30.3 Å². The highest BCUT2D eigenvalue weighted by Crippen LogP contribution is 2.40. The minimum Gasteiger partial charge on any atom is -0.396 e. The summed E-state index contributed by atoms with van der Waals surface area (Å²) in [6.07, 6.45) is -5.14. The first-order valence-electron chi connectivity index (χ1n) is 12.3. The number of aromatic nitrogens is 4. The van der Waals surface area contributed by atoms with Crippen LogP contribution >= 0.6 is 11.3 Å². The molecular formula is C26H27F3N6O3S. The molecule has 13 heteroatoms. The highest BCUT2D eigenvalue weighted by molar-refractivity contribution is 7.21. The summed E-state index contributed by atoms with van der Waals surface area (Å²) >= 11 is 1.35. The molecule has 9 nitrogen and oxygen atoms in total. The van der Waals surface area contributed by atoms with Crippen LogP contribution in [0, 0.1) is 19.8 Å². The maximum Gasteiger partial charge on any atom is 0.412 e. The molecule has 0 radical (unpaired) electrons. The van der Waals surface area contributed by atoms with Gasteiger partial charge in [0.15, 0.2) is 6.04 Å². The van der Waals surface area contributed by atoms with Crippen LogP contribution in [0.25, 0.3) is 20.8 Å². The lowest BCUT2D eigenvalue weighted by Crippen LogP contribution is -2.36. The number of halogens is 3. The maximum absolute atomic E-state index is 14.1. The van der Waals surface area contributed by atoms with Crippen LogP contribution in [0.1, 0.15) is 29.4 Å². The van der Waals surface area contributed by atoms with Crippen LogP contribution in [-0.4, -0.2) is 66.3 Å². The number of alkyl halides is 3. The van der Waals surface area contributed by atoms with Crippen molar-refractivity contribution in [3.05, 3.63) is 59.5 Å². The Morgan fingerprint density at radius 1 is 1.03 bits per heavy atom. The number of aliphatic hydroxyl groups is 3. The molecule has 1 saturated carbocycles. The lowest BCUT2D eigenvalue weighted by Gasteiger charge is -2.24. The largest absolute Gasteiger partial charge is 0.412 e. The third kappa shape index (κ3) is 5.39. The lowest BCUT2D eigenvalue weighted by atomic mass is 10.1. The Hall–Kier alpha value is -3.39. The SMILES string of the molecule is Cc1nc(NC(c2ccccc2)C(F)(F)F)nc(NC2CC(CO)C(O)C2O)c1-c1nc2c(C)nccc2s1. The number of hydrogen-bond acceptors (Lipinski definition) is 10. The number of rotatable bonds is 7. The fourth-order valence-electron chi connectivity index (χ4n) is 4.84. The summed E-state index contributed by atoms with van der Waals surface area (Å²) in [5.41, 5.74) is 2.22. The molecular weight excluding hydrogens is 533 g/mol. The molecule has 1 fully saturated rings. The number of pyridine rings is 1. The van der Waals surface area contributed by atoms with E-state index < -0.39 is 36.4 Å². The van der Waals surface area contributed by atoms with Crippen LogP contribution in [0.4, 0.5) is 24.9 Å². The van der Waals surface area contributed by atoms with E-state index in [4.69, 9.17) is 4.98 Å². The zero-order chi connectivity index (χ0) is 27.9. The summed E-state index contributed by atoms with van der Waals surface area (Å²) < 4.78 is 43.1. The second-order valence-corrected chi connectivity index (χ2v) is 10.6. The van der Waals surface area contributed by atoms with Crippen LogP contribution in [0.5, 0.6) is 0 Å². The van der Waals surface area contributed by atoms with Gasteiger partial charge in [0.1, 0.15) is 22.4 Å². The third-order valence-corrected chi connectivity index (χ3v) is 7.92. The summed E-state index contributed by atoms with van der Waals surface area (Å²) in [5.74, 6) is -0.681. The van der Waals surface area contributed by atoms with Crippen molar-refractivity contribution in [2.24, 2.45) is 5.92 Å².